The molecule has 3 rings (SSSR count). The van der Waals surface area contributed by atoms with Crippen LogP contribution in [0, 0.1) is 13.8 Å². The van der Waals surface area contributed by atoms with Crippen LogP contribution in [0.5, 0.6) is 0 Å². The second kappa shape index (κ2) is 7.92. The second-order valence-corrected chi connectivity index (χ2v) is 8.69. The van der Waals surface area contributed by atoms with Crippen LogP contribution in [0.2, 0.25) is 0 Å². The summed E-state index contributed by atoms with van der Waals surface area (Å²) in [5.74, 6) is -0.696. The molecule has 9 heteroatoms. The molecule has 28 heavy (non-hydrogen) atoms. The molecular weight excluding hydrogens is 380 g/mol. The van der Waals surface area contributed by atoms with Gasteiger partial charge in [0.1, 0.15) is 5.56 Å². The summed E-state index contributed by atoms with van der Waals surface area (Å²) >= 11 is 0. The number of nitrogens with zero attached hydrogens (tertiary/aromatic N) is 3. The summed E-state index contributed by atoms with van der Waals surface area (Å²) in [5.41, 5.74) is 3.99. The number of anilines is 1. The van der Waals surface area contributed by atoms with Crippen LogP contribution in [0.1, 0.15) is 34.1 Å². The van der Waals surface area contributed by atoms with Gasteiger partial charge >= 0.3 is 5.97 Å². The lowest BCUT2D eigenvalue weighted by molar-refractivity contribution is 0.0595. The molecule has 2 aromatic rings. The van der Waals surface area contributed by atoms with Gasteiger partial charge in [0.15, 0.2) is 0 Å². The third-order valence-electron chi connectivity index (χ3n) is 5.29. The molecule has 2 heterocycles. The van der Waals surface area contributed by atoms with Gasteiger partial charge in [0.25, 0.3) is 10.0 Å². The lowest BCUT2D eigenvalue weighted by Crippen LogP contribution is -2.49. The first-order valence-corrected chi connectivity index (χ1v) is 10.7. The van der Waals surface area contributed by atoms with Crippen LogP contribution >= 0.6 is 0 Å². The Labute approximate surface area is 165 Å². The van der Waals surface area contributed by atoms with Crippen molar-refractivity contribution in [2.45, 2.75) is 32.2 Å². The van der Waals surface area contributed by atoms with E-state index in [9.17, 15) is 13.2 Å². The number of aromatic nitrogens is 2. The third-order valence-corrected chi connectivity index (χ3v) is 7.12. The minimum absolute atomic E-state index is 0.00181. The first-order valence-electron chi connectivity index (χ1n) is 9.28. The van der Waals surface area contributed by atoms with Crippen molar-refractivity contribution >= 4 is 21.7 Å². The molecule has 0 atom stereocenters. The van der Waals surface area contributed by atoms with Crippen molar-refractivity contribution in [3.8, 4) is 0 Å². The van der Waals surface area contributed by atoms with Crippen LogP contribution < -0.4 is 4.90 Å². The van der Waals surface area contributed by atoms with Gasteiger partial charge in [-0.1, -0.05) is 19.1 Å². The number of hydrogen-bond donors (Lipinski definition) is 1. The maximum atomic E-state index is 13.1. The SMILES string of the molecule is CCc1[nH]nc(S(=O)(=O)N2CCN(c3cccc(C)c3C)CC2)c1C(=O)OC. The molecule has 1 aliphatic heterocycles. The van der Waals surface area contributed by atoms with Crippen molar-refractivity contribution in [3.63, 3.8) is 0 Å². The molecule has 1 aromatic carbocycles. The van der Waals surface area contributed by atoms with Gasteiger partial charge in [-0.3, -0.25) is 5.10 Å². The van der Waals surface area contributed by atoms with E-state index in [-0.39, 0.29) is 10.6 Å². The number of benzene rings is 1. The number of sulfonamides is 1. The summed E-state index contributed by atoms with van der Waals surface area (Å²) in [6, 6.07) is 6.14. The number of methoxy groups -OCH3 is 1. The molecule has 0 saturated carbocycles. The number of aromatic amines is 1. The molecule has 8 nitrogen and oxygen atoms in total. The van der Waals surface area contributed by atoms with Crippen molar-refractivity contribution in [1.82, 2.24) is 14.5 Å². The fraction of sp³-hybridized carbons (Fsp3) is 0.474. The molecule has 152 valence electrons. The first-order chi connectivity index (χ1) is 13.3. The lowest BCUT2D eigenvalue weighted by atomic mass is 10.1. The van der Waals surface area contributed by atoms with Crippen molar-refractivity contribution in [2.24, 2.45) is 0 Å². The van der Waals surface area contributed by atoms with Crippen molar-refractivity contribution in [3.05, 3.63) is 40.6 Å². The van der Waals surface area contributed by atoms with Gasteiger partial charge in [-0.25, -0.2) is 13.2 Å². The number of ether oxygens (including phenoxy) is 1. The summed E-state index contributed by atoms with van der Waals surface area (Å²) in [4.78, 5) is 14.3. The molecule has 0 radical (unpaired) electrons. The molecule has 0 bridgehead atoms. The van der Waals surface area contributed by atoms with E-state index >= 15 is 0 Å². The smallest absolute Gasteiger partial charge is 0.342 e. The number of esters is 1. The Balaban J connectivity index is 1.83. The van der Waals surface area contributed by atoms with E-state index < -0.39 is 16.0 Å². The average molecular weight is 407 g/mol. The Bertz CT molecular complexity index is 976. The highest BCUT2D eigenvalue weighted by molar-refractivity contribution is 7.89. The minimum atomic E-state index is -3.90. The molecule has 1 aromatic heterocycles. The zero-order valence-electron chi connectivity index (χ0n) is 16.7. The maximum absolute atomic E-state index is 13.1. The Hall–Kier alpha value is -2.39. The highest BCUT2D eigenvalue weighted by Crippen LogP contribution is 2.27. The molecular formula is C19H26N4O4S. The molecule has 0 spiro atoms. The molecule has 0 amide bonds. The average Bonchev–Trinajstić information content (AvgIpc) is 3.14. The number of nitrogens with one attached hydrogen (secondary N) is 1. The Morgan fingerprint density at radius 3 is 2.50 bits per heavy atom. The highest BCUT2D eigenvalue weighted by Gasteiger charge is 2.36. The number of rotatable bonds is 5. The summed E-state index contributed by atoms with van der Waals surface area (Å²) in [5, 5.41) is 6.35. The van der Waals surface area contributed by atoms with Crippen LogP contribution in [-0.2, 0) is 21.2 Å². The van der Waals surface area contributed by atoms with Gasteiger partial charge in [-0.15, -0.1) is 0 Å². The zero-order chi connectivity index (χ0) is 20.5. The fourth-order valence-electron chi connectivity index (χ4n) is 3.48. The number of carbonyl (C=O) groups excluding carboxylic acids is 1. The van der Waals surface area contributed by atoms with Crippen LogP contribution in [0.15, 0.2) is 23.2 Å². The van der Waals surface area contributed by atoms with E-state index in [1.54, 1.807) is 0 Å². The van der Waals surface area contributed by atoms with Gasteiger partial charge < -0.3 is 9.64 Å². The van der Waals surface area contributed by atoms with E-state index in [4.69, 9.17) is 4.74 Å². The Kier molecular flexibility index (Phi) is 5.76. The summed E-state index contributed by atoms with van der Waals surface area (Å²) in [6.45, 7) is 7.75. The molecule has 0 unspecified atom stereocenters. The highest BCUT2D eigenvalue weighted by atomic mass is 32.2. The van der Waals surface area contributed by atoms with Crippen LogP contribution in [0.3, 0.4) is 0 Å². The molecule has 1 N–H and O–H groups in total. The third kappa shape index (κ3) is 3.51. The van der Waals surface area contributed by atoms with Gasteiger partial charge in [0.05, 0.1) is 12.8 Å². The van der Waals surface area contributed by atoms with Gasteiger partial charge in [-0.05, 0) is 37.5 Å². The predicted molar refractivity (Wildman–Crippen MR) is 106 cm³/mol. The van der Waals surface area contributed by atoms with Gasteiger partial charge in [0, 0.05) is 31.9 Å². The Morgan fingerprint density at radius 1 is 1.21 bits per heavy atom. The van der Waals surface area contributed by atoms with E-state index in [1.165, 1.54) is 22.5 Å². The second-order valence-electron chi connectivity index (χ2n) is 6.84. The minimum Gasteiger partial charge on any atom is -0.465 e. The quantitative estimate of drug-likeness (QED) is 0.762. The van der Waals surface area contributed by atoms with Crippen LogP contribution in [0.4, 0.5) is 5.69 Å². The van der Waals surface area contributed by atoms with Crippen molar-refractivity contribution < 1.29 is 17.9 Å². The molecule has 1 saturated heterocycles. The fourth-order valence-corrected chi connectivity index (χ4v) is 5.00. The molecule has 1 aliphatic rings. The number of H-pyrrole nitrogens is 1. The number of hydrogen-bond acceptors (Lipinski definition) is 6. The summed E-state index contributed by atoms with van der Waals surface area (Å²) in [6.07, 6.45) is 0.452. The summed E-state index contributed by atoms with van der Waals surface area (Å²) in [7, 11) is -2.67. The monoisotopic (exact) mass is 406 g/mol. The zero-order valence-corrected chi connectivity index (χ0v) is 17.5. The van der Waals surface area contributed by atoms with E-state index in [1.807, 2.05) is 13.0 Å². The first kappa shape index (κ1) is 20.3. The maximum Gasteiger partial charge on any atom is 0.342 e. The van der Waals surface area contributed by atoms with Crippen molar-refractivity contribution in [1.29, 1.82) is 0 Å². The Morgan fingerprint density at radius 2 is 1.89 bits per heavy atom. The topological polar surface area (TPSA) is 95.6 Å². The summed E-state index contributed by atoms with van der Waals surface area (Å²) < 4.78 is 32.4. The van der Waals surface area contributed by atoms with E-state index in [0.717, 1.165) is 5.69 Å². The van der Waals surface area contributed by atoms with E-state index in [0.29, 0.717) is 38.3 Å². The van der Waals surface area contributed by atoms with Gasteiger partial charge in [0.2, 0.25) is 5.03 Å². The molecule has 0 aliphatic carbocycles. The number of aryl methyl sites for hydroxylation is 2. The van der Waals surface area contributed by atoms with Gasteiger partial charge in [-0.2, -0.15) is 9.40 Å². The lowest BCUT2D eigenvalue weighted by Gasteiger charge is -2.36. The largest absolute Gasteiger partial charge is 0.465 e. The molecule has 1 fully saturated rings. The number of carbonyl (C=O) groups is 1. The van der Waals surface area contributed by atoms with E-state index in [2.05, 4.69) is 41.1 Å². The van der Waals surface area contributed by atoms with Crippen LogP contribution in [0.25, 0.3) is 0 Å². The van der Waals surface area contributed by atoms with Crippen LogP contribution in [-0.4, -0.2) is 62.2 Å². The van der Waals surface area contributed by atoms with Crippen molar-refractivity contribution in [2.75, 3.05) is 38.2 Å². The normalized spacial score (nSPS) is 15.6. The standard InChI is InChI=1S/C19H26N4O4S/c1-5-15-17(19(24)27-4)18(21-20-15)28(25,26)23-11-9-22(10-12-23)16-8-6-7-13(2)14(16)3/h6-8H,5,9-12H2,1-4H3,(H,20,21). The number of piperazine rings is 1. The predicted octanol–water partition coefficient (Wildman–Crippen LogP) is 1.89.